The van der Waals surface area contributed by atoms with Crippen molar-refractivity contribution in [3.63, 3.8) is 0 Å². The number of aromatic nitrogens is 3. The second kappa shape index (κ2) is 7.26. The number of aliphatic hydroxyl groups excluding tert-OH is 2. The summed E-state index contributed by atoms with van der Waals surface area (Å²) < 4.78 is 26.1. The minimum Gasteiger partial charge on any atom is -0.390 e. The highest BCUT2D eigenvalue weighted by Gasteiger charge is 2.42. The molecule has 30 heavy (non-hydrogen) atoms. The van der Waals surface area contributed by atoms with E-state index in [2.05, 4.69) is 15.0 Å². The molecule has 1 aliphatic carbocycles. The third-order valence-electron chi connectivity index (χ3n) is 6.19. The SMILES string of the molecule is O=S1(=O)CC=Nc2cc(CC[C@H]3C[C@@H](n4ccc5cncnc54)[C@H](O)[C@@H]3O)ccc21. The van der Waals surface area contributed by atoms with Gasteiger partial charge in [-0.05, 0) is 48.9 Å². The second-order valence-electron chi connectivity index (χ2n) is 8.00. The highest BCUT2D eigenvalue weighted by molar-refractivity contribution is 7.92. The predicted molar refractivity (Wildman–Crippen MR) is 112 cm³/mol. The molecule has 3 heterocycles. The number of aryl methyl sites for hydroxylation is 1. The lowest BCUT2D eigenvalue weighted by Crippen LogP contribution is -2.29. The quantitative estimate of drug-likeness (QED) is 0.657. The molecule has 2 N–H and O–H groups in total. The van der Waals surface area contributed by atoms with Gasteiger partial charge in [-0.2, -0.15) is 0 Å². The Hall–Kier alpha value is -2.62. The van der Waals surface area contributed by atoms with Gasteiger partial charge in [-0.1, -0.05) is 6.07 Å². The van der Waals surface area contributed by atoms with E-state index in [1.54, 1.807) is 18.3 Å². The van der Waals surface area contributed by atoms with Crippen molar-refractivity contribution in [3.8, 4) is 0 Å². The summed E-state index contributed by atoms with van der Waals surface area (Å²) in [5.41, 5.74) is 2.19. The maximum absolute atomic E-state index is 12.1. The lowest BCUT2D eigenvalue weighted by Gasteiger charge is -2.19. The third kappa shape index (κ3) is 3.23. The van der Waals surface area contributed by atoms with Crippen LogP contribution >= 0.6 is 0 Å². The van der Waals surface area contributed by atoms with Gasteiger partial charge in [-0.25, -0.2) is 18.4 Å². The Morgan fingerprint density at radius 1 is 1.17 bits per heavy atom. The number of hydrogen-bond donors (Lipinski definition) is 2. The molecule has 0 radical (unpaired) electrons. The van der Waals surface area contributed by atoms with E-state index < -0.39 is 22.0 Å². The number of aliphatic imine (C=N–C) groups is 1. The van der Waals surface area contributed by atoms with E-state index in [1.807, 2.05) is 22.9 Å². The van der Waals surface area contributed by atoms with Crippen LogP contribution in [0.4, 0.5) is 5.69 Å². The van der Waals surface area contributed by atoms with Crippen molar-refractivity contribution in [3.05, 3.63) is 48.5 Å². The molecule has 0 spiro atoms. The summed E-state index contributed by atoms with van der Waals surface area (Å²) in [6.07, 6.45) is 6.78. The molecule has 156 valence electrons. The topological polar surface area (TPSA) is 118 Å². The van der Waals surface area contributed by atoms with Crippen molar-refractivity contribution in [1.29, 1.82) is 0 Å². The highest BCUT2D eigenvalue weighted by Crippen LogP contribution is 2.39. The van der Waals surface area contributed by atoms with Crippen molar-refractivity contribution in [2.75, 3.05) is 5.75 Å². The maximum atomic E-state index is 12.1. The summed E-state index contributed by atoms with van der Waals surface area (Å²) in [5, 5.41) is 22.2. The Labute approximate surface area is 173 Å². The first-order valence-electron chi connectivity index (χ1n) is 9.95. The highest BCUT2D eigenvalue weighted by atomic mass is 32.2. The van der Waals surface area contributed by atoms with Crippen LogP contribution in [0.3, 0.4) is 0 Å². The molecule has 3 aromatic rings. The average molecular weight is 426 g/mol. The van der Waals surface area contributed by atoms with Crippen LogP contribution in [0.2, 0.25) is 0 Å². The molecular formula is C21H22N4O4S. The molecule has 4 atom stereocenters. The number of aliphatic hydroxyl groups is 2. The zero-order chi connectivity index (χ0) is 20.9. The standard InChI is InChI=1S/C21H22N4O4S/c26-19-14(3-1-13-2-4-18-16(9-13)23-6-8-30(18,28)29)10-17(20(19)27)25-7-5-15-11-22-12-24-21(15)25/h2,4-7,9,11-12,14,17,19-20,26-27H,1,3,8,10H2/t14-,17+,19+,20-/m0/s1. The smallest absolute Gasteiger partial charge is 0.185 e. The first-order chi connectivity index (χ1) is 14.4. The minimum absolute atomic E-state index is 0.0636. The van der Waals surface area contributed by atoms with Crippen molar-refractivity contribution < 1.29 is 18.6 Å². The van der Waals surface area contributed by atoms with Crippen LogP contribution in [0.5, 0.6) is 0 Å². The van der Waals surface area contributed by atoms with Gasteiger partial charge >= 0.3 is 0 Å². The fourth-order valence-corrected chi connectivity index (χ4v) is 5.74. The van der Waals surface area contributed by atoms with Crippen LogP contribution in [0.1, 0.15) is 24.4 Å². The van der Waals surface area contributed by atoms with Crippen LogP contribution in [-0.4, -0.2) is 57.3 Å². The molecule has 0 saturated heterocycles. The van der Waals surface area contributed by atoms with Gasteiger partial charge in [0.2, 0.25) is 0 Å². The fraction of sp³-hybridized carbons (Fsp3) is 0.381. The predicted octanol–water partition coefficient (Wildman–Crippen LogP) is 1.84. The van der Waals surface area contributed by atoms with E-state index in [1.165, 1.54) is 12.5 Å². The Kier molecular flexibility index (Phi) is 4.68. The number of fused-ring (bicyclic) bond motifs is 2. The van der Waals surface area contributed by atoms with Crippen molar-refractivity contribution in [2.24, 2.45) is 10.9 Å². The van der Waals surface area contributed by atoms with Gasteiger partial charge in [-0.3, -0.25) is 4.99 Å². The van der Waals surface area contributed by atoms with Gasteiger partial charge < -0.3 is 14.8 Å². The molecule has 1 aliphatic heterocycles. The summed E-state index contributed by atoms with van der Waals surface area (Å²) >= 11 is 0. The maximum Gasteiger partial charge on any atom is 0.185 e. The van der Waals surface area contributed by atoms with Gasteiger partial charge in [0.1, 0.15) is 18.1 Å². The zero-order valence-electron chi connectivity index (χ0n) is 16.2. The van der Waals surface area contributed by atoms with Crippen molar-refractivity contribution >= 4 is 32.8 Å². The van der Waals surface area contributed by atoms with E-state index in [-0.39, 0.29) is 22.6 Å². The molecule has 9 heteroatoms. The molecule has 0 amide bonds. The molecule has 2 aliphatic rings. The van der Waals surface area contributed by atoms with Gasteiger partial charge in [0.05, 0.1) is 28.5 Å². The van der Waals surface area contributed by atoms with Gasteiger partial charge in [0.25, 0.3) is 0 Å². The monoisotopic (exact) mass is 426 g/mol. The van der Waals surface area contributed by atoms with Crippen molar-refractivity contribution in [1.82, 2.24) is 14.5 Å². The number of nitrogens with zero attached hydrogens (tertiary/aromatic N) is 4. The molecule has 1 fully saturated rings. The summed E-state index contributed by atoms with van der Waals surface area (Å²) in [6, 6.07) is 6.88. The Morgan fingerprint density at radius 2 is 2.03 bits per heavy atom. The number of benzene rings is 1. The van der Waals surface area contributed by atoms with Crippen LogP contribution in [0, 0.1) is 5.92 Å². The Balaban J connectivity index is 1.32. The lowest BCUT2D eigenvalue weighted by atomic mass is 9.96. The summed E-state index contributed by atoms with van der Waals surface area (Å²) in [6.45, 7) is 0. The van der Waals surface area contributed by atoms with Crippen molar-refractivity contribution in [2.45, 2.75) is 42.4 Å². The Morgan fingerprint density at radius 3 is 2.90 bits per heavy atom. The van der Waals surface area contributed by atoms with E-state index >= 15 is 0 Å². The summed E-state index contributed by atoms with van der Waals surface area (Å²) in [7, 11) is -3.29. The van der Waals surface area contributed by atoms with E-state index in [4.69, 9.17) is 0 Å². The van der Waals surface area contributed by atoms with Crippen LogP contribution in [0.25, 0.3) is 11.0 Å². The van der Waals surface area contributed by atoms with Crippen LogP contribution in [-0.2, 0) is 16.3 Å². The number of rotatable bonds is 4. The molecule has 1 saturated carbocycles. The fourth-order valence-electron chi connectivity index (χ4n) is 4.59. The number of sulfone groups is 1. The molecule has 2 aromatic heterocycles. The number of hydrogen-bond acceptors (Lipinski definition) is 7. The minimum atomic E-state index is -3.29. The van der Waals surface area contributed by atoms with Gasteiger partial charge in [0, 0.05) is 24.0 Å². The summed E-state index contributed by atoms with van der Waals surface area (Å²) in [4.78, 5) is 12.8. The average Bonchev–Trinajstić information content (AvgIpc) is 3.28. The van der Waals surface area contributed by atoms with Gasteiger partial charge in [0.15, 0.2) is 9.84 Å². The van der Waals surface area contributed by atoms with Gasteiger partial charge in [-0.15, -0.1) is 0 Å². The summed E-state index contributed by atoms with van der Waals surface area (Å²) in [5.74, 6) is -0.140. The largest absolute Gasteiger partial charge is 0.390 e. The molecular weight excluding hydrogens is 404 g/mol. The van der Waals surface area contributed by atoms with E-state index in [9.17, 15) is 18.6 Å². The van der Waals surface area contributed by atoms with Crippen LogP contribution < -0.4 is 0 Å². The lowest BCUT2D eigenvalue weighted by molar-refractivity contribution is 0.00545. The van der Waals surface area contributed by atoms with Crippen LogP contribution in [0.15, 0.2) is 52.9 Å². The van der Waals surface area contributed by atoms with E-state index in [0.717, 1.165) is 16.6 Å². The molecule has 1 aromatic carbocycles. The molecule has 8 nitrogen and oxygen atoms in total. The second-order valence-corrected chi connectivity index (χ2v) is 10.0. The molecule has 0 bridgehead atoms. The first-order valence-corrected chi connectivity index (χ1v) is 11.6. The normalized spacial score (nSPS) is 27.4. The third-order valence-corrected chi connectivity index (χ3v) is 7.80. The first kappa shape index (κ1) is 19.3. The Bertz CT molecular complexity index is 1240. The molecule has 5 rings (SSSR count). The van der Waals surface area contributed by atoms with E-state index in [0.29, 0.717) is 24.9 Å². The zero-order valence-corrected chi connectivity index (χ0v) is 17.0. The molecule has 0 unspecified atom stereocenters.